The van der Waals surface area contributed by atoms with E-state index in [1.807, 2.05) is 36.4 Å². The molecule has 3 heteroatoms. The molecule has 21 heavy (non-hydrogen) atoms. The first kappa shape index (κ1) is 13.9. The molecule has 0 spiro atoms. The zero-order valence-corrected chi connectivity index (χ0v) is 12.4. The van der Waals surface area contributed by atoms with Crippen LogP contribution in [0.25, 0.3) is 0 Å². The fourth-order valence-corrected chi connectivity index (χ4v) is 3.47. The van der Waals surface area contributed by atoms with Crippen molar-refractivity contribution in [1.82, 2.24) is 0 Å². The van der Waals surface area contributed by atoms with E-state index in [-0.39, 0.29) is 11.9 Å². The van der Waals surface area contributed by atoms with Crippen LogP contribution in [0.4, 0.5) is 0 Å². The van der Waals surface area contributed by atoms with Crippen LogP contribution in [0.15, 0.2) is 53.3 Å². The van der Waals surface area contributed by atoms with Gasteiger partial charge in [0.1, 0.15) is 5.41 Å². The normalized spacial score (nSPS) is 25.3. The second kappa shape index (κ2) is 5.40. The van der Waals surface area contributed by atoms with Gasteiger partial charge in [-0.1, -0.05) is 44.2 Å². The average Bonchev–Trinajstić information content (AvgIpc) is 3.09. The summed E-state index contributed by atoms with van der Waals surface area (Å²) in [5.41, 5.74) is 1.46. The van der Waals surface area contributed by atoms with Crippen LogP contribution >= 0.6 is 0 Å². The van der Waals surface area contributed by atoms with Crippen molar-refractivity contribution in [3.8, 4) is 0 Å². The standard InChI is InChI=1S/C18H20O3/c1-13(2)10-18(15-6-4-3-5-7-15)16(12-21-17(18)19)14-8-9-20-11-14/h3-9,11,13,16H,10,12H2,1-2H3/t16-,18-/m0/s1. The Morgan fingerprint density at radius 2 is 2.00 bits per heavy atom. The molecule has 1 aliphatic heterocycles. The van der Waals surface area contributed by atoms with Gasteiger partial charge in [-0.3, -0.25) is 4.79 Å². The lowest BCUT2D eigenvalue weighted by atomic mass is 9.65. The Labute approximate surface area is 124 Å². The van der Waals surface area contributed by atoms with Gasteiger partial charge in [0.2, 0.25) is 0 Å². The summed E-state index contributed by atoms with van der Waals surface area (Å²) < 4.78 is 10.7. The summed E-state index contributed by atoms with van der Waals surface area (Å²) in [6.45, 7) is 4.70. The third-order valence-electron chi connectivity index (χ3n) is 4.30. The number of hydrogen-bond acceptors (Lipinski definition) is 3. The highest BCUT2D eigenvalue weighted by Crippen LogP contribution is 2.49. The Hall–Kier alpha value is -2.03. The third kappa shape index (κ3) is 2.27. The molecule has 1 aliphatic rings. The molecule has 1 saturated heterocycles. The molecule has 0 N–H and O–H groups in total. The molecule has 110 valence electrons. The van der Waals surface area contributed by atoms with Crippen LogP contribution in [0.5, 0.6) is 0 Å². The van der Waals surface area contributed by atoms with Crippen molar-refractivity contribution in [3.05, 3.63) is 60.1 Å². The number of ether oxygens (including phenoxy) is 1. The Kier molecular flexibility index (Phi) is 3.58. The lowest BCUT2D eigenvalue weighted by molar-refractivity contribution is -0.143. The van der Waals surface area contributed by atoms with Gasteiger partial charge in [-0.15, -0.1) is 0 Å². The number of rotatable bonds is 4. The fraction of sp³-hybridized carbons (Fsp3) is 0.389. The maximum Gasteiger partial charge on any atom is 0.317 e. The molecule has 0 unspecified atom stereocenters. The molecule has 3 nitrogen and oxygen atoms in total. The maximum absolute atomic E-state index is 12.7. The summed E-state index contributed by atoms with van der Waals surface area (Å²) in [6, 6.07) is 11.9. The summed E-state index contributed by atoms with van der Waals surface area (Å²) >= 11 is 0. The van der Waals surface area contributed by atoms with Gasteiger partial charge in [-0.05, 0) is 29.5 Å². The van der Waals surface area contributed by atoms with Gasteiger partial charge in [-0.25, -0.2) is 0 Å². The average molecular weight is 284 g/mol. The molecule has 0 radical (unpaired) electrons. The highest BCUT2D eigenvalue weighted by Gasteiger charge is 2.54. The van der Waals surface area contributed by atoms with E-state index in [9.17, 15) is 4.79 Å². The smallest absolute Gasteiger partial charge is 0.317 e. The van der Waals surface area contributed by atoms with Crippen molar-refractivity contribution >= 4 is 5.97 Å². The van der Waals surface area contributed by atoms with E-state index in [1.165, 1.54) is 0 Å². The minimum atomic E-state index is -0.612. The van der Waals surface area contributed by atoms with Crippen molar-refractivity contribution in [1.29, 1.82) is 0 Å². The quantitative estimate of drug-likeness (QED) is 0.799. The second-order valence-corrected chi connectivity index (χ2v) is 6.14. The highest BCUT2D eigenvalue weighted by molar-refractivity contribution is 5.87. The molecule has 0 bridgehead atoms. The van der Waals surface area contributed by atoms with Gasteiger partial charge >= 0.3 is 5.97 Å². The largest absolute Gasteiger partial charge is 0.472 e. The predicted octanol–water partition coefficient (Wildman–Crippen LogP) is 3.90. The zero-order chi connectivity index (χ0) is 14.9. The first-order valence-electron chi connectivity index (χ1n) is 7.39. The predicted molar refractivity (Wildman–Crippen MR) is 80.0 cm³/mol. The molecule has 3 rings (SSSR count). The molecule has 1 aromatic heterocycles. The van der Waals surface area contributed by atoms with Gasteiger partial charge in [-0.2, -0.15) is 0 Å². The Bertz CT molecular complexity index is 601. The van der Waals surface area contributed by atoms with Crippen molar-refractivity contribution in [2.24, 2.45) is 5.92 Å². The van der Waals surface area contributed by atoms with Crippen molar-refractivity contribution < 1.29 is 13.9 Å². The number of cyclic esters (lactones) is 1. The highest BCUT2D eigenvalue weighted by atomic mass is 16.5. The van der Waals surface area contributed by atoms with Gasteiger partial charge in [0.05, 0.1) is 19.1 Å². The maximum atomic E-state index is 12.7. The van der Waals surface area contributed by atoms with Crippen LogP contribution in [0.1, 0.15) is 37.3 Å². The minimum absolute atomic E-state index is 0.00792. The molecule has 1 aromatic carbocycles. The number of carbonyl (C=O) groups is 1. The Morgan fingerprint density at radius 1 is 1.24 bits per heavy atom. The Balaban J connectivity index is 2.14. The van der Waals surface area contributed by atoms with Crippen LogP contribution < -0.4 is 0 Å². The monoisotopic (exact) mass is 284 g/mol. The molecule has 2 atom stereocenters. The number of carbonyl (C=O) groups excluding carboxylic acids is 1. The topological polar surface area (TPSA) is 39.4 Å². The number of furan rings is 1. The molecular formula is C18H20O3. The first-order chi connectivity index (χ1) is 10.1. The summed E-state index contributed by atoms with van der Waals surface area (Å²) in [5, 5.41) is 0. The fourth-order valence-electron chi connectivity index (χ4n) is 3.47. The van der Waals surface area contributed by atoms with E-state index in [0.717, 1.165) is 17.5 Å². The van der Waals surface area contributed by atoms with E-state index in [2.05, 4.69) is 13.8 Å². The molecule has 0 saturated carbocycles. The lowest BCUT2D eigenvalue weighted by Crippen LogP contribution is -2.38. The molecular weight excluding hydrogens is 264 g/mol. The molecule has 2 aromatic rings. The van der Waals surface area contributed by atoms with Crippen LogP contribution in [-0.2, 0) is 14.9 Å². The number of benzene rings is 1. The zero-order valence-electron chi connectivity index (χ0n) is 12.4. The summed E-state index contributed by atoms with van der Waals surface area (Å²) in [5.74, 6) is 0.285. The van der Waals surface area contributed by atoms with Crippen molar-refractivity contribution in [2.75, 3.05) is 6.61 Å². The molecule has 0 amide bonds. The summed E-state index contributed by atoms with van der Waals surface area (Å²) in [4.78, 5) is 12.7. The van der Waals surface area contributed by atoms with Crippen LogP contribution in [-0.4, -0.2) is 12.6 Å². The summed E-state index contributed by atoms with van der Waals surface area (Å²) in [6.07, 6.45) is 4.15. The van der Waals surface area contributed by atoms with Gasteiger partial charge < -0.3 is 9.15 Å². The molecule has 2 heterocycles. The van der Waals surface area contributed by atoms with Crippen LogP contribution in [0.2, 0.25) is 0 Å². The van der Waals surface area contributed by atoms with Gasteiger partial charge in [0.15, 0.2) is 0 Å². The van der Waals surface area contributed by atoms with Crippen LogP contribution in [0, 0.1) is 5.92 Å². The van der Waals surface area contributed by atoms with E-state index >= 15 is 0 Å². The summed E-state index contributed by atoms with van der Waals surface area (Å²) in [7, 11) is 0. The van der Waals surface area contributed by atoms with Gasteiger partial charge in [0.25, 0.3) is 0 Å². The van der Waals surface area contributed by atoms with E-state index in [1.54, 1.807) is 12.5 Å². The van der Waals surface area contributed by atoms with E-state index in [0.29, 0.717) is 12.5 Å². The van der Waals surface area contributed by atoms with E-state index in [4.69, 9.17) is 9.15 Å². The SMILES string of the molecule is CC(C)C[C@@]1(c2ccccc2)C(=O)OC[C@H]1c1ccoc1. The number of hydrogen-bond donors (Lipinski definition) is 0. The Morgan fingerprint density at radius 3 is 2.62 bits per heavy atom. The third-order valence-corrected chi connectivity index (χ3v) is 4.30. The van der Waals surface area contributed by atoms with Gasteiger partial charge in [0, 0.05) is 5.92 Å². The van der Waals surface area contributed by atoms with E-state index < -0.39 is 5.41 Å². The first-order valence-corrected chi connectivity index (χ1v) is 7.39. The van der Waals surface area contributed by atoms with Crippen molar-refractivity contribution in [3.63, 3.8) is 0 Å². The lowest BCUT2D eigenvalue weighted by Gasteiger charge is -2.32. The molecule has 1 fully saturated rings. The minimum Gasteiger partial charge on any atom is -0.472 e. The van der Waals surface area contributed by atoms with Crippen LogP contribution in [0.3, 0.4) is 0 Å². The second-order valence-electron chi connectivity index (χ2n) is 6.14. The number of esters is 1. The molecule has 0 aliphatic carbocycles. The van der Waals surface area contributed by atoms with Crippen molar-refractivity contribution in [2.45, 2.75) is 31.6 Å².